The predicted octanol–water partition coefficient (Wildman–Crippen LogP) is 1.35. The standard InChI is InChI=1S/C14H19N5O/c1-4-12-10(9-19(3)18-12)8-17-11-5-6-16-13(7-11)14(20)15-2/h5-7,9H,4,8H2,1-3H3,(H,15,20)(H,16,17). The second-order valence-electron chi connectivity index (χ2n) is 4.49. The number of hydrogen-bond acceptors (Lipinski definition) is 4. The summed E-state index contributed by atoms with van der Waals surface area (Å²) in [6, 6.07) is 3.58. The van der Waals surface area contributed by atoms with Gasteiger partial charge < -0.3 is 10.6 Å². The highest BCUT2D eigenvalue weighted by Crippen LogP contribution is 2.12. The predicted molar refractivity (Wildman–Crippen MR) is 77.5 cm³/mol. The lowest BCUT2D eigenvalue weighted by atomic mass is 10.2. The van der Waals surface area contributed by atoms with Crippen molar-refractivity contribution in [2.24, 2.45) is 7.05 Å². The zero-order valence-corrected chi connectivity index (χ0v) is 12.0. The Hall–Kier alpha value is -2.37. The highest BCUT2D eigenvalue weighted by atomic mass is 16.1. The SMILES string of the molecule is CCc1nn(C)cc1CNc1ccnc(C(=O)NC)c1. The molecular weight excluding hydrogens is 254 g/mol. The van der Waals surface area contributed by atoms with Crippen LogP contribution in [0.2, 0.25) is 0 Å². The van der Waals surface area contributed by atoms with Gasteiger partial charge in [-0.1, -0.05) is 6.92 Å². The third-order valence-corrected chi connectivity index (χ3v) is 3.03. The van der Waals surface area contributed by atoms with E-state index in [0.717, 1.165) is 23.4 Å². The largest absolute Gasteiger partial charge is 0.381 e. The first-order valence-corrected chi connectivity index (χ1v) is 6.57. The monoisotopic (exact) mass is 273 g/mol. The van der Waals surface area contributed by atoms with E-state index in [0.29, 0.717) is 12.2 Å². The van der Waals surface area contributed by atoms with E-state index in [2.05, 4.69) is 27.6 Å². The van der Waals surface area contributed by atoms with Crippen molar-refractivity contribution in [3.63, 3.8) is 0 Å². The molecule has 2 rings (SSSR count). The van der Waals surface area contributed by atoms with Gasteiger partial charge in [0.05, 0.1) is 5.69 Å². The fraction of sp³-hybridized carbons (Fsp3) is 0.357. The van der Waals surface area contributed by atoms with Crippen LogP contribution in [0, 0.1) is 0 Å². The van der Waals surface area contributed by atoms with Gasteiger partial charge in [0.2, 0.25) is 0 Å². The van der Waals surface area contributed by atoms with Gasteiger partial charge in [-0.3, -0.25) is 14.5 Å². The second kappa shape index (κ2) is 6.18. The molecule has 0 bridgehead atoms. The van der Waals surface area contributed by atoms with E-state index in [1.807, 2.05) is 24.0 Å². The molecule has 20 heavy (non-hydrogen) atoms. The quantitative estimate of drug-likeness (QED) is 0.862. The lowest BCUT2D eigenvalue weighted by molar-refractivity contribution is 0.0958. The van der Waals surface area contributed by atoms with E-state index in [1.165, 1.54) is 0 Å². The maximum Gasteiger partial charge on any atom is 0.269 e. The first-order valence-electron chi connectivity index (χ1n) is 6.57. The summed E-state index contributed by atoms with van der Waals surface area (Å²) in [6.45, 7) is 2.76. The summed E-state index contributed by atoms with van der Waals surface area (Å²) in [5.74, 6) is -0.190. The molecule has 0 atom stereocenters. The number of aromatic nitrogens is 3. The fourth-order valence-corrected chi connectivity index (χ4v) is 2.02. The van der Waals surface area contributed by atoms with Gasteiger partial charge in [-0.05, 0) is 18.6 Å². The van der Waals surface area contributed by atoms with Gasteiger partial charge in [-0.25, -0.2) is 0 Å². The summed E-state index contributed by atoms with van der Waals surface area (Å²) in [6.07, 6.45) is 4.53. The van der Waals surface area contributed by atoms with Crippen LogP contribution in [0.15, 0.2) is 24.5 Å². The normalized spacial score (nSPS) is 10.3. The molecule has 2 heterocycles. The van der Waals surface area contributed by atoms with E-state index in [4.69, 9.17) is 0 Å². The molecule has 2 aromatic heterocycles. The molecule has 0 aliphatic heterocycles. The van der Waals surface area contributed by atoms with Crippen molar-refractivity contribution in [3.8, 4) is 0 Å². The Morgan fingerprint density at radius 3 is 2.95 bits per heavy atom. The number of amides is 1. The van der Waals surface area contributed by atoms with Crippen molar-refractivity contribution in [3.05, 3.63) is 41.5 Å². The van der Waals surface area contributed by atoms with E-state index in [1.54, 1.807) is 19.3 Å². The lowest BCUT2D eigenvalue weighted by Crippen LogP contribution is -2.19. The number of nitrogens with zero attached hydrogens (tertiary/aromatic N) is 3. The molecule has 0 saturated carbocycles. The molecule has 0 fully saturated rings. The summed E-state index contributed by atoms with van der Waals surface area (Å²) in [5, 5.41) is 10.3. The number of rotatable bonds is 5. The molecule has 0 unspecified atom stereocenters. The van der Waals surface area contributed by atoms with Crippen LogP contribution in [0.4, 0.5) is 5.69 Å². The lowest BCUT2D eigenvalue weighted by Gasteiger charge is -2.07. The summed E-state index contributed by atoms with van der Waals surface area (Å²) < 4.78 is 1.82. The fourth-order valence-electron chi connectivity index (χ4n) is 2.02. The van der Waals surface area contributed by atoms with E-state index in [9.17, 15) is 4.79 Å². The van der Waals surface area contributed by atoms with Crippen LogP contribution in [0.3, 0.4) is 0 Å². The van der Waals surface area contributed by atoms with Gasteiger partial charge in [0.25, 0.3) is 5.91 Å². The topological polar surface area (TPSA) is 71.8 Å². The number of nitrogens with one attached hydrogen (secondary N) is 2. The van der Waals surface area contributed by atoms with Crippen LogP contribution in [-0.2, 0) is 20.0 Å². The van der Waals surface area contributed by atoms with Crippen molar-refractivity contribution in [2.75, 3.05) is 12.4 Å². The smallest absolute Gasteiger partial charge is 0.269 e. The number of pyridine rings is 1. The minimum absolute atomic E-state index is 0.190. The summed E-state index contributed by atoms with van der Waals surface area (Å²) in [4.78, 5) is 15.6. The van der Waals surface area contributed by atoms with Crippen LogP contribution >= 0.6 is 0 Å². The number of anilines is 1. The highest BCUT2D eigenvalue weighted by Gasteiger charge is 2.07. The molecule has 2 N–H and O–H groups in total. The van der Waals surface area contributed by atoms with Gasteiger partial charge in [-0.15, -0.1) is 0 Å². The molecule has 106 valence electrons. The molecular formula is C14H19N5O. The third kappa shape index (κ3) is 3.14. The first kappa shape index (κ1) is 14.0. The minimum atomic E-state index is -0.190. The molecule has 0 aliphatic carbocycles. The van der Waals surface area contributed by atoms with Crippen molar-refractivity contribution in [1.82, 2.24) is 20.1 Å². The highest BCUT2D eigenvalue weighted by molar-refractivity contribution is 5.92. The maximum absolute atomic E-state index is 11.5. The van der Waals surface area contributed by atoms with E-state index >= 15 is 0 Å². The summed E-state index contributed by atoms with van der Waals surface area (Å²) in [7, 11) is 3.51. The van der Waals surface area contributed by atoms with Crippen LogP contribution < -0.4 is 10.6 Å². The second-order valence-corrected chi connectivity index (χ2v) is 4.49. The average molecular weight is 273 g/mol. The van der Waals surface area contributed by atoms with Gasteiger partial charge in [0.1, 0.15) is 5.69 Å². The molecule has 6 heteroatoms. The van der Waals surface area contributed by atoms with Crippen LogP contribution in [-0.4, -0.2) is 27.7 Å². The van der Waals surface area contributed by atoms with E-state index in [-0.39, 0.29) is 5.91 Å². The number of hydrogen-bond donors (Lipinski definition) is 2. The van der Waals surface area contributed by atoms with Gasteiger partial charge in [0, 0.05) is 44.3 Å². The molecule has 0 radical (unpaired) electrons. The third-order valence-electron chi connectivity index (χ3n) is 3.03. The Kier molecular flexibility index (Phi) is 4.34. The number of aryl methyl sites for hydroxylation is 2. The Bertz CT molecular complexity index is 605. The minimum Gasteiger partial charge on any atom is -0.381 e. The molecule has 2 aromatic rings. The van der Waals surface area contributed by atoms with E-state index < -0.39 is 0 Å². The molecule has 0 spiro atoms. The maximum atomic E-state index is 11.5. The molecule has 0 saturated heterocycles. The average Bonchev–Trinajstić information content (AvgIpc) is 2.84. The molecule has 6 nitrogen and oxygen atoms in total. The van der Waals surface area contributed by atoms with Gasteiger partial charge in [0.15, 0.2) is 0 Å². The Morgan fingerprint density at radius 2 is 2.25 bits per heavy atom. The van der Waals surface area contributed by atoms with Crippen LogP contribution in [0.25, 0.3) is 0 Å². The Balaban J connectivity index is 2.09. The summed E-state index contributed by atoms with van der Waals surface area (Å²) >= 11 is 0. The molecule has 0 aromatic carbocycles. The Morgan fingerprint density at radius 1 is 1.45 bits per heavy atom. The van der Waals surface area contributed by atoms with Crippen molar-refractivity contribution in [1.29, 1.82) is 0 Å². The number of carbonyl (C=O) groups excluding carboxylic acids is 1. The first-order chi connectivity index (χ1) is 9.63. The van der Waals surface area contributed by atoms with Crippen molar-refractivity contribution < 1.29 is 4.79 Å². The zero-order chi connectivity index (χ0) is 14.5. The van der Waals surface area contributed by atoms with Gasteiger partial charge >= 0.3 is 0 Å². The van der Waals surface area contributed by atoms with Crippen LogP contribution in [0.1, 0.15) is 28.7 Å². The van der Waals surface area contributed by atoms with Crippen LogP contribution in [0.5, 0.6) is 0 Å². The number of carbonyl (C=O) groups is 1. The molecule has 1 amide bonds. The van der Waals surface area contributed by atoms with Crippen molar-refractivity contribution in [2.45, 2.75) is 19.9 Å². The summed E-state index contributed by atoms with van der Waals surface area (Å²) in [5.41, 5.74) is 3.51. The van der Waals surface area contributed by atoms with Crippen molar-refractivity contribution >= 4 is 11.6 Å². The zero-order valence-electron chi connectivity index (χ0n) is 12.0. The Labute approximate surface area is 118 Å². The van der Waals surface area contributed by atoms with Gasteiger partial charge in [-0.2, -0.15) is 5.10 Å². The molecule has 0 aliphatic rings.